The number of carbonyl (C=O) groups is 1. The lowest BCUT2D eigenvalue weighted by molar-refractivity contribution is -0.141. The molecule has 3 heterocycles. The summed E-state index contributed by atoms with van der Waals surface area (Å²) in [6, 6.07) is 0.206. The third-order valence-electron chi connectivity index (χ3n) is 5.36. The second-order valence-electron chi connectivity index (χ2n) is 7.90. The normalized spacial score (nSPS) is 24.9. The van der Waals surface area contributed by atoms with E-state index in [-0.39, 0.29) is 12.1 Å². The standard InChI is InChI=1S/C17H26BN3O6/c1-16(2)17(3,4)27-18(26-16)11-7-19-15(20-8-11)25-12-5-6-21(9-12)14(24)13(23)10-22/h7-8,12-13,22-23H,5-6,9-10H2,1-4H3/t12-,13?/m1/s1. The van der Waals surface area contributed by atoms with E-state index in [1.165, 1.54) is 4.90 Å². The lowest BCUT2D eigenvalue weighted by Gasteiger charge is -2.32. The quantitative estimate of drug-likeness (QED) is 0.634. The zero-order valence-electron chi connectivity index (χ0n) is 16.1. The van der Waals surface area contributed by atoms with Crippen molar-refractivity contribution in [2.45, 2.75) is 57.5 Å². The molecule has 2 aliphatic rings. The molecule has 27 heavy (non-hydrogen) atoms. The monoisotopic (exact) mass is 379 g/mol. The summed E-state index contributed by atoms with van der Waals surface area (Å²) in [7, 11) is -0.538. The number of likely N-dealkylation sites (tertiary alicyclic amines) is 1. The number of nitrogens with zero attached hydrogens (tertiary/aromatic N) is 3. The van der Waals surface area contributed by atoms with Gasteiger partial charge in [0.15, 0.2) is 6.10 Å². The van der Waals surface area contributed by atoms with Crippen LogP contribution < -0.4 is 10.2 Å². The van der Waals surface area contributed by atoms with E-state index in [2.05, 4.69) is 9.97 Å². The molecule has 2 fully saturated rings. The first kappa shape index (κ1) is 20.0. The Morgan fingerprint density at radius 1 is 1.33 bits per heavy atom. The van der Waals surface area contributed by atoms with E-state index in [1.54, 1.807) is 12.4 Å². The van der Waals surface area contributed by atoms with Crippen molar-refractivity contribution < 1.29 is 29.1 Å². The summed E-state index contributed by atoms with van der Waals surface area (Å²) in [6.07, 6.45) is 2.17. The van der Waals surface area contributed by atoms with Gasteiger partial charge in [-0.1, -0.05) is 0 Å². The molecule has 2 N–H and O–H groups in total. The largest absolute Gasteiger partial charge is 0.498 e. The van der Waals surface area contributed by atoms with Gasteiger partial charge in [-0.3, -0.25) is 4.79 Å². The average molecular weight is 379 g/mol. The van der Waals surface area contributed by atoms with Crippen molar-refractivity contribution in [2.75, 3.05) is 19.7 Å². The smallest absolute Gasteiger partial charge is 0.458 e. The Bertz CT molecular complexity index is 668. The van der Waals surface area contributed by atoms with Crippen molar-refractivity contribution in [3.05, 3.63) is 12.4 Å². The number of hydrogen-bond acceptors (Lipinski definition) is 8. The highest BCUT2D eigenvalue weighted by molar-refractivity contribution is 6.61. The number of aliphatic hydroxyl groups excluding tert-OH is 2. The fraction of sp³-hybridized carbons (Fsp3) is 0.706. The lowest BCUT2D eigenvalue weighted by atomic mass is 9.81. The Balaban J connectivity index is 1.57. The van der Waals surface area contributed by atoms with Crippen LogP contribution >= 0.6 is 0 Å². The lowest BCUT2D eigenvalue weighted by Crippen LogP contribution is -2.41. The van der Waals surface area contributed by atoms with Crippen LogP contribution in [0.1, 0.15) is 34.1 Å². The highest BCUT2D eigenvalue weighted by atomic mass is 16.7. The highest BCUT2D eigenvalue weighted by Gasteiger charge is 2.52. The molecule has 0 aromatic carbocycles. The minimum Gasteiger partial charge on any atom is -0.458 e. The summed E-state index contributed by atoms with van der Waals surface area (Å²) in [5.74, 6) is -0.499. The summed E-state index contributed by atoms with van der Waals surface area (Å²) in [5, 5.41) is 18.3. The van der Waals surface area contributed by atoms with Crippen molar-refractivity contribution in [1.29, 1.82) is 0 Å². The van der Waals surface area contributed by atoms with Crippen molar-refractivity contribution in [3.8, 4) is 6.01 Å². The van der Waals surface area contributed by atoms with Crippen LogP contribution in [0, 0.1) is 0 Å². The molecular weight excluding hydrogens is 353 g/mol. The molecule has 3 rings (SSSR count). The maximum atomic E-state index is 11.9. The van der Waals surface area contributed by atoms with E-state index in [1.807, 2.05) is 27.7 Å². The predicted molar refractivity (Wildman–Crippen MR) is 96.5 cm³/mol. The minimum atomic E-state index is -1.39. The predicted octanol–water partition coefficient (Wildman–Crippen LogP) is -0.891. The molecule has 1 aromatic heterocycles. The van der Waals surface area contributed by atoms with Crippen LogP contribution in [-0.4, -0.2) is 81.2 Å². The summed E-state index contributed by atoms with van der Waals surface area (Å²) in [5.41, 5.74) is -0.173. The van der Waals surface area contributed by atoms with E-state index >= 15 is 0 Å². The average Bonchev–Trinajstić information content (AvgIpc) is 3.16. The second-order valence-corrected chi connectivity index (χ2v) is 7.90. The van der Waals surface area contributed by atoms with Crippen LogP contribution in [0.5, 0.6) is 6.01 Å². The fourth-order valence-electron chi connectivity index (χ4n) is 2.95. The van der Waals surface area contributed by atoms with Crippen molar-refractivity contribution in [2.24, 2.45) is 0 Å². The van der Waals surface area contributed by atoms with Gasteiger partial charge >= 0.3 is 13.1 Å². The maximum absolute atomic E-state index is 11.9. The molecule has 0 bridgehead atoms. The first-order chi connectivity index (χ1) is 12.6. The molecule has 1 aromatic rings. The van der Waals surface area contributed by atoms with Crippen molar-refractivity contribution in [1.82, 2.24) is 14.9 Å². The molecule has 10 heteroatoms. The number of amides is 1. The summed E-state index contributed by atoms with van der Waals surface area (Å²) in [6.45, 7) is 8.09. The number of aliphatic hydroxyl groups is 2. The fourth-order valence-corrected chi connectivity index (χ4v) is 2.95. The number of aromatic nitrogens is 2. The van der Waals surface area contributed by atoms with Crippen molar-refractivity contribution in [3.63, 3.8) is 0 Å². The van der Waals surface area contributed by atoms with Gasteiger partial charge in [0.2, 0.25) is 0 Å². The Morgan fingerprint density at radius 2 is 1.93 bits per heavy atom. The van der Waals surface area contributed by atoms with E-state index < -0.39 is 36.9 Å². The van der Waals surface area contributed by atoms with E-state index in [0.717, 1.165) is 0 Å². The molecule has 148 valence electrons. The molecule has 1 amide bonds. The van der Waals surface area contributed by atoms with Crippen LogP contribution in [0.15, 0.2) is 12.4 Å². The van der Waals surface area contributed by atoms with E-state index in [4.69, 9.17) is 19.2 Å². The van der Waals surface area contributed by atoms with E-state index in [0.29, 0.717) is 25.0 Å². The van der Waals surface area contributed by atoms with Crippen LogP contribution in [0.25, 0.3) is 0 Å². The van der Waals surface area contributed by atoms with Gasteiger partial charge in [-0.05, 0) is 27.7 Å². The summed E-state index contributed by atoms with van der Waals surface area (Å²) < 4.78 is 17.7. The summed E-state index contributed by atoms with van der Waals surface area (Å²) >= 11 is 0. The van der Waals surface area contributed by atoms with Crippen molar-refractivity contribution >= 4 is 18.5 Å². The zero-order valence-corrected chi connectivity index (χ0v) is 16.1. The van der Waals surface area contributed by atoms with Gasteiger partial charge in [-0.15, -0.1) is 0 Å². The topological polar surface area (TPSA) is 114 Å². The number of rotatable bonds is 5. The molecule has 0 radical (unpaired) electrons. The molecule has 2 atom stereocenters. The van der Waals surface area contributed by atoms with Crippen LogP contribution in [-0.2, 0) is 14.1 Å². The molecule has 0 spiro atoms. The number of ether oxygens (including phenoxy) is 1. The maximum Gasteiger partial charge on any atom is 0.498 e. The second kappa shape index (κ2) is 7.35. The van der Waals surface area contributed by atoms with E-state index in [9.17, 15) is 9.90 Å². The van der Waals surface area contributed by atoms with Crippen LogP contribution in [0.4, 0.5) is 0 Å². The molecular formula is C17H26BN3O6. The van der Waals surface area contributed by atoms with Crippen LogP contribution in [0.3, 0.4) is 0 Å². The first-order valence-corrected chi connectivity index (χ1v) is 9.05. The van der Waals surface area contributed by atoms with Gasteiger partial charge in [-0.25, -0.2) is 9.97 Å². The molecule has 2 saturated heterocycles. The van der Waals surface area contributed by atoms with Gasteiger partial charge in [0.05, 0.1) is 24.4 Å². The zero-order chi connectivity index (χ0) is 19.8. The molecule has 2 aliphatic heterocycles. The Morgan fingerprint density at radius 3 is 2.48 bits per heavy atom. The number of hydrogen-bond donors (Lipinski definition) is 2. The Labute approximate surface area is 158 Å². The van der Waals surface area contributed by atoms with Gasteiger partial charge < -0.3 is 29.2 Å². The van der Waals surface area contributed by atoms with Gasteiger partial charge in [0.25, 0.3) is 5.91 Å². The SMILES string of the molecule is CC1(C)OB(c2cnc(O[C@@H]3CCN(C(=O)C(O)CO)C3)nc2)OC1(C)C. The Kier molecular flexibility index (Phi) is 5.44. The summed E-state index contributed by atoms with van der Waals surface area (Å²) in [4.78, 5) is 21.8. The molecule has 0 aliphatic carbocycles. The minimum absolute atomic E-state index is 0.206. The molecule has 0 saturated carbocycles. The van der Waals surface area contributed by atoms with Crippen LogP contribution in [0.2, 0.25) is 0 Å². The van der Waals surface area contributed by atoms with Gasteiger partial charge in [0, 0.05) is 30.8 Å². The van der Waals surface area contributed by atoms with Gasteiger partial charge in [0.1, 0.15) is 6.10 Å². The Hall–Kier alpha value is -1.75. The number of carbonyl (C=O) groups excluding carboxylic acids is 1. The third-order valence-corrected chi connectivity index (χ3v) is 5.36. The third kappa shape index (κ3) is 4.08. The van der Waals surface area contributed by atoms with Gasteiger partial charge in [-0.2, -0.15) is 0 Å². The first-order valence-electron chi connectivity index (χ1n) is 9.05. The highest BCUT2D eigenvalue weighted by Crippen LogP contribution is 2.36. The molecule has 1 unspecified atom stereocenters. The molecule has 9 nitrogen and oxygen atoms in total.